The smallest absolute Gasteiger partial charge is 0.265 e. The van der Waals surface area contributed by atoms with Gasteiger partial charge in [0.15, 0.2) is 6.61 Å². The molecule has 2 aromatic rings. The number of rotatable bonds is 5. The molecular weight excluding hydrogens is 404 g/mol. The largest absolute Gasteiger partial charge is 0.490 e. The number of sulfonamides is 1. The molecule has 0 bridgehead atoms. The van der Waals surface area contributed by atoms with Gasteiger partial charge < -0.3 is 14.4 Å². The number of carbonyl (C=O) groups excluding carboxylic acids is 1. The molecule has 0 atom stereocenters. The van der Waals surface area contributed by atoms with Crippen LogP contribution in [0.15, 0.2) is 53.4 Å². The fourth-order valence-electron chi connectivity index (χ4n) is 3.73. The highest BCUT2D eigenvalue weighted by atomic mass is 32.2. The molecule has 0 saturated carbocycles. The minimum absolute atomic E-state index is 0.134. The zero-order chi connectivity index (χ0) is 21.1. The molecule has 0 unspecified atom stereocenters. The first-order valence-electron chi connectivity index (χ1n) is 10.2. The first-order valence-corrected chi connectivity index (χ1v) is 11.6. The van der Waals surface area contributed by atoms with Gasteiger partial charge >= 0.3 is 0 Å². The lowest BCUT2D eigenvalue weighted by atomic mass is 10.0. The highest BCUT2D eigenvalue weighted by Gasteiger charge is 2.28. The summed E-state index contributed by atoms with van der Waals surface area (Å²) in [5, 5.41) is 0. The number of hydrogen-bond acceptors (Lipinski definition) is 5. The topological polar surface area (TPSA) is 76.2 Å². The third-order valence-electron chi connectivity index (χ3n) is 5.60. The summed E-state index contributed by atoms with van der Waals surface area (Å²) in [6.07, 6.45) is 1.76. The maximum absolute atomic E-state index is 12.8. The SMILES string of the molecule is CC1CCN(S(=O)(=O)c2ccc(OCC(=O)N3CCOc4ccccc43)cc2)CC1. The molecule has 2 aliphatic rings. The van der Waals surface area contributed by atoms with Crippen molar-refractivity contribution >= 4 is 21.6 Å². The zero-order valence-corrected chi connectivity index (χ0v) is 17.8. The number of carbonyl (C=O) groups is 1. The molecule has 0 spiro atoms. The van der Waals surface area contributed by atoms with Gasteiger partial charge in [-0.25, -0.2) is 8.42 Å². The Kier molecular flexibility index (Phi) is 5.97. The quantitative estimate of drug-likeness (QED) is 0.729. The number of ether oxygens (including phenoxy) is 2. The van der Waals surface area contributed by atoms with Crippen LogP contribution in [-0.4, -0.2) is 51.5 Å². The second-order valence-electron chi connectivity index (χ2n) is 7.71. The number of fused-ring (bicyclic) bond motifs is 1. The number of benzene rings is 2. The van der Waals surface area contributed by atoms with Crippen molar-refractivity contribution in [2.24, 2.45) is 5.92 Å². The van der Waals surface area contributed by atoms with Crippen molar-refractivity contribution < 1.29 is 22.7 Å². The Bertz CT molecular complexity index is 998. The fraction of sp³-hybridized carbons (Fsp3) is 0.409. The molecule has 1 saturated heterocycles. The predicted molar refractivity (Wildman–Crippen MR) is 113 cm³/mol. The Morgan fingerprint density at radius 1 is 1.07 bits per heavy atom. The van der Waals surface area contributed by atoms with Crippen LogP contribution >= 0.6 is 0 Å². The molecular formula is C22H26N2O5S. The fourth-order valence-corrected chi connectivity index (χ4v) is 5.20. The van der Waals surface area contributed by atoms with Gasteiger partial charge in [0.25, 0.3) is 5.91 Å². The van der Waals surface area contributed by atoms with Gasteiger partial charge in [0.1, 0.15) is 18.1 Å². The van der Waals surface area contributed by atoms with E-state index < -0.39 is 10.0 Å². The lowest BCUT2D eigenvalue weighted by Crippen LogP contribution is -2.40. The van der Waals surface area contributed by atoms with Crippen molar-refractivity contribution in [1.29, 1.82) is 0 Å². The minimum Gasteiger partial charge on any atom is -0.490 e. The molecule has 2 aliphatic heterocycles. The van der Waals surface area contributed by atoms with Crippen LogP contribution in [0.5, 0.6) is 11.5 Å². The van der Waals surface area contributed by atoms with Crippen LogP contribution in [-0.2, 0) is 14.8 Å². The van der Waals surface area contributed by atoms with E-state index in [1.54, 1.807) is 21.3 Å². The molecule has 160 valence electrons. The maximum atomic E-state index is 12.8. The predicted octanol–water partition coefficient (Wildman–Crippen LogP) is 2.91. The van der Waals surface area contributed by atoms with Crippen molar-refractivity contribution in [3.8, 4) is 11.5 Å². The second-order valence-corrected chi connectivity index (χ2v) is 9.65. The summed E-state index contributed by atoms with van der Waals surface area (Å²) in [5.41, 5.74) is 0.731. The molecule has 0 N–H and O–H groups in total. The first-order chi connectivity index (χ1) is 14.4. The van der Waals surface area contributed by atoms with E-state index in [2.05, 4.69) is 6.92 Å². The van der Waals surface area contributed by atoms with Crippen LogP contribution in [0.25, 0.3) is 0 Å². The van der Waals surface area contributed by atoms with E-state index >= 15 is 0 Å². The van der Waals surface area contributed by atoms with Gasteiger partial charge in [-0.3, -0.25) is 4.79 Å². The van der Waals surface area contributed by atoms with E-state index in [1.807, 2.05) is 24.3 Å². The van der Waals surface area contributed by atoms with E-state index in [0.717, 1.165) is 18.5 Å². The van der Waals surface area contributed by atoms with Gasteiger partial charge in [0, 0.05) is 13.1 Å². The van der Waals surface area contributed by atoms with Gasteiger partial charge in [-0.15, -0.1) is 0 Å². The molecule has 1 amide bonds. The average molecular weight is 431 g/mol. The Morgan fingerprint density at radius 2 is 1.77 bits per heavy atom. The summed E-state index contributed by atoms with van der Waals surface area (Å²) in [4.78, 5) is 14.5. The number of hydrogen-bond donors (Lipinski definition) is 0. The summed E-state index contributed by atoms with van der Waals surface area (Å²) in [5.74, 6) is 1.52. The molecule has 1 fully saturated rings. The molecule has 2 heterocycles. The molecule has 2 aromatic carbocycles. The van der Waals surface area contributed by atoms with Crippen molar-refractivity contribution in [2.75, 3.05) is 37.7 Å². The van der Waals surface area contributed by atoms with Crippen LogP contribution in [0.1, 0.15) is 19.8 Å². The Hall–Kier alpha value is -2.58. The minimum atomic E-state index is -3.50. The van der Waals surface area contributed by atoms with Crippen molar-refractivity contribution in [2.45, 2.75) is 24.7 Å². The molecule has 0 aromatic heterocycles. The van der Waals surface area contributed by atoms with Crippen LogP contribution in [0.3, 0.4) is 0 Å². The lowest BCUT2D eigenvalue weighted by molar-refractivity contribution is -0.120. The molecule has 0 radical (unpaired) electrons. The maximum Gasteiger partial charge on any atom is 0.265 e. The summed E-state index contributed by atoms with van der Waals surface area (Å²) >= 11 is 0. The number of amides is 1. The van der Waals surface area contributed by atoms with Crippen LogP contribution in [0.4, 0.5) is 5.69 Å². The van der Waals surface area contributed by atoms with Gasteiger partial charge in [0.2, 0.25) is 10.0 Å². The third kappa shape index (κ3) is 4.29. The van der Waals surface area contributed by atoms with E-state index in [4.69, 9.17) is 9.47 Å². The Balaban J connectivity index is 1.38. The molecule has 7 nitrogen and oxygen atoms in total. The molecule has 30 heavy (non-hydrogen) atoms. The lowest BCUT2D eigenvalue weighted by Gasteiger charge is -2.29. The van der Waals surface area contributed by atoms with Crippen molar-refractivity contribution in [3.63, 3.8) is 0 Å². The number of nitrogens with zero attached hydrogens (tertiary/aromatic N) is 2. The first kappa shape index (κ1) is 20.7. The van der Waals surface area contributed by atoms with E-state index in [-0.39, 0.29) is 17.4 Å². The summed E-state index contributed by atoms with van der Waals surface area (Å²) in [6, 6.07) is 13.7. The van der Waals surface area contributed by atoms with Gasteiger partial charge in [-0.2, -0.15) is 4.31 Å². The number of piperidine rings is 1. The van der Waals surface area contributed by atoms with Gasteiger partial charge in [-0.05, 0) is 55.2 Å². The van der Waals surface area contributed by atoms with Crippen LogP contribution in [0.2, 0.25) is 0 Å². The normalized spacial score (nSPS) is 17.8. The molecule has 0 aliphatic carbocycles. The Morgan fingerprint density at radius 3 is 2.50 bits per heavy atom. The Labute approximate surface area is 177 Å². The van der Waals surface area contributed by atoms with Crippen LogP contribution in [0, 0.1) is 5.92 Å². The monoisotopic (exact) mass is 430 g/mol. The number of para-hydroxylation sites is 2. The van der Waals surface area contributed by atoms with E-state index in [0.29, 0.717) is 43.7 Å². The average Bonchev–Trinajstić information content (AvgIpc) is 2.77. The summed E-state index contributed by atoms with van der Waals surface area (Å²) in [6.45, 7) is 4.02. The second kappa shape index (κ2) is 8.65. The van der Waals surface area contributed by atoms with Gasteiger partial charge in [-0.1, -0.05) is 19.1 Å². The molecule has 4 rings (SSSR count). The van der Waals surface area contributed by atoms with Crippen molar-refractivity contribution in [3.05, 3.63) is 48.5 Å². The highest BCUT2D eigenvalue weighted by Crippen LogP contribution is 2.31. The highest BCUT2D eigenvalue weighted by molar-refractivity contribution is 7.89. The van der Waals surface area contributed by atoms with Gasteiger partial charge in [0.05, 0.1) is 17.1 Å². The standard InChI is InChI=1S/C22H26N2O5S/c1-17-10-12-23(13-11-17)30(26,27)19-8-6-18(7-9-19)29-16-22(25)24-14-15-28-21-5-3-2-4-20(21)24/h2-9,17H,10-16H2,1H3. The summed E-state index contributed by atoms with van der Waals surface area (Å²) < 4.78 is 38.4. The zero-order valence-electron chi connectivity index (χ0n) is 17.0. The summed E-state index contributed by atoms with van der Waals surface area (Å²) in [7, 11) is -3.50. The van der Waals surface area contributed by atoms with E-state index in [9.17, 15) is 13.2 Å². The van der Waals surface area contributed by atoms with Crippen LogP contribution < -0.4 is 14.4 Å². The van der Waals surface area contributed by atoms with Crippen molar-refractivity contribution in [1.82, 2.24) is 4.31 Å². The molecule has 8 heteroatoms. The number of anilines is 1. The third-order valence-corrected chi connectivity index (χ3v) is 7.51. The van der Waals surface area contributed by atoms with E-state index in [1.165, 1.54) is 12.1 Å².